The highest BCUT2D eigenvalue weighted by atomic mass is 16.5. The Labute approximate surface area is 90.1 Å². The molecule has 0 bridgehead atoms. The Hall–Kier alpha value is -0.910. The van der Waals surface area contributed by atoms with Crippen molar-refractivity contribution < 1.29 is 9.84 Å². The molecule has 1 unspecified atom stereocenters. The van der Waals surface area contributed by atoms with Crippen molar-refractivity contribution in [2.45, 2.75) is 19.6 Å². The van der Waals surface area contributed by atoms with E-state index >= 15 is 0 Å². The van der Waals surface area contributed by atoms with E-state index in [1.54, 1.807) is 13.3 Å². The number of ether oxygens (including phenoxy) is 1. The van der Waals surface area contributed by atoms with E-state index in [9.17, 15) is 5.11 Å². The summed E-state index contributed by atoms with van der Waals surface area (Å²) in [6.07, 6.45) is 3.21. The van der Waals surface area contributed by atoms with Crippen LogP contribution in [0.15, 0.2) is 12.4 Å². The molecular weight excluding hydrogens is 194 g/mol. The number of aliphatic hydroxyl groups is 1. The fourth-order valence-corrected chi connectivity index (χ4v) is 1.33. The first-order chi connectivity index (χ1) is 7.24. The molecule has 5 nitrogen and oxygen atoms in total. The van der Waals surface area contributed by atoms with Gasteiger partial charge in [-0.3, -0.25) is 0 Å². The van der Waals surface area contributed by atoms with Gasteiger partial charge < -0.3 is 19.7 Å². The minimum Gasteiger partial charge on any atom is -0.390 e. The van der Waals surface area contributed by atoms with Crippen molar-refractivity contribution in [3.05, 3.63) is 18.2 Å². The second-order valence-electron chi connectivity index (χ2n) is 3.48. The minimum absolute atomic E-state index is 0.394. The molecule has 0 aliphatic carbocycles. The fourth-order valence-electron chi connectivity index (χ4n) is 1.33. The smallest absolute Gasteiger partial charge is 0.105 e. The molecule has 0 amide bonds. The summed E-state index contributed by atoms with van der Waals surface area (Å²) in [4.78, 5) is 4.09. The number of hydrogen-bond donors (Lipinski definition) is 2. The van der Waals surface area contributed by atoms with E-state index in [4.69, 9.17) is 4.74 Å². The van der Waals surface area contributed by atoms with Crippen LogP contribution >= 0.6 is 0 Å². The van der Waals surface area contributed by atoms with Crippen LogP contribution in [0, 0.1) is 6.92 Å². The van der Waals surface area contributed by atoms with Crippen molar-refractivity contribution in [1.29, 1.82) is 0 Å². The van der Waals surface area contributed by atoms with E-state index in [1.165, 1.54) is 0 Å². The van der Waals surface area contributed by atoms with Crippen LogP contribution in [0.2, 0.25) is 0 Å². The number of nitrogens with one attached hydrogen (secondary N) is 1. The molecule has 15 heavy (non-hydrogen) atoms. The van der Waals surface area contributed by atoms with E-state index in [1.807, 2.05) is 17.7 Å². The summed E-state index contributed by atoms with van der Waals surface area (Å²) >= 11 is 0. The molecule has 0 spiro atoms. The van der Waals surface area contributed by atoms with Crippen LogP contribution in [0.3, 0.4) is 0 Å². The van der Waals surface area contributed by atoms with Gasteiger partial charge >= 0.3 is 0 Å². The molecule has 1 atom stereocenters. The fraction of sp³-hybridized carbons (Fsp3) is 0.700. The van der Waals surface area contributed by atoms with Crippen LogP contribution in [0.25, 0.3) is 0 Å². The monoisotopic (exact) mass is 213 g/mol. The van der Waals surface area contributed by atoms with Gasteiger partial charge in [0.2, 0.25) is 0 Å². The lowest BCUT2D eigenvalue weighted by Gasteiger charge is -2.13. The van der Waals surface area contributed by atoms with Crippen LogP contribution in [0.1, 0.15) is 5.82 Å². The normalized spacial score (nSPS) is 13.0. The number of hydrogen-bond acceptors (Lipinski definition) is 4. The third-order valence-electron chi connectivity index (χ3n) is 2.19. The molecule has 1 aromatic heterocycles. The van der Waals surface area contributed by atoms with Gasteiger partial charge in [0.05, 0.1) is 19.3 Å². The molecule has 0 aliphatic heterocycles. The van der Waals surface area contributed by atoms with Crippen molar-refractivity contribution in [2.75, 3.05) is 26.8 Å². The number of aryl methyl sites for hydroxylation is 1. The summed E-state index contributed by atoms with van der Waals surface area (Å²) in [6, 6.07) is 0. The predicted octanol–water partition coefficient (Wildman–Crippen LogP) is -0.212. The molecule has 0 saturated carbocycles. The van der Waals surface area contributed by atoms with Gasteiger partial charge in [-0.05, 0) is 6.92 Å². The van der Waals surface area contributed by atoms with Crippen LogP contribution in [-0.4, -0.2) is 47.6 Å². The maximum absolute atomic E-state index is 9.69. The van der Waals surface area contributed by atoms with Gasteiger partial charge in [-0.25, -0.2) is 4.98 Å². The molecule has 1 rings (SSSR count). The Kier molecular flexibility index (Phi) is 5.31. The number of rotatable bonds is 7. The van der Waals surface area contributed by atoms with E-state index in [0.717, 1.165) is 12.4 Å². The summed E-state index contributed by atoms with van der Waals surface area (Å²) in [5.41, 5.74) is 0. The lowest BCUT2D eigenvalue weighted by molar-refractivity contribution is 0.143. The summed E-state index contributed by atoms with van der Waals surface area (Å²) < 4.78 is 6.82. The summed E-state index contributed by atoms with van der Waals surface area (Å²) in [5.74, 6) is 0.922. The van der Waals surface area contributed by atoms with Crippen molar-refractivity contribution in [1.82, 2.24) is 14.9 Å². The van der Waals surface area contributed by atoms with E-state index in [-0.39, 0.29) is 0 Å². The Morgan fingerprint density at radius 2 is 2.47 bits per heavy atom. The molecule has 1 heterocycles. The lowest BCUT2D eigenvalue weighted by Crippen LogP contribution is -2.32. The highest BCUT2D eigenvalue weighted by Crippen LogP contribution is 1.97. The molecule has 0 saturated heterocycles. The molecule has 5 heteroatoms. The van der Waals surface area contributed by atoms with Gasteiger partial charge in [-0.1, -0.05) is 0 Å². The molecule has 0 fully saturated rings. The molecule has 86 valence electrons. The molecule has 0 aromatic carbocycles. The zero-order valence-corrected chi connectivity index (χ0v) is 9.31. The molecule has 1 aromatic rings. The van der Waals surface area contributed by atoms with Crippen LogP contribution in [0.5, 0.6) is 0 Å². The lowest BCUT2D eigenvalue weighted by atomic mass is 10.3. The maximum Gasteiger partial charge on any atom is 0.105 e. The minimum atomic E-state index is -0.394. The van der Waals surface area contributed by atoms with E-state index in [0.29, 0.717) is 19.7 Å². The van der Waals surface area contributed by atoms with Crippen LogP contribution in [0.4, 0.5) is 0 Å². The molecule has 0 radical (unpaired) electrons. The number of aliphatic hydroxyl groups excluding tert-OH is 1. The summed E-state index contributed by atoms with van der Waals surface area (Å²) in [5, 5.41) is 12.8. The van der Waals surface area contributed by atoms with Crippen LogP contribution in [-0.2, 0) is 11.3 Å². The first-order valence-electron chi connectivity index (χ1n) is 5.09. The molecular formula is C10H19N3O2. The SMILES string of the molecule is COCCNCC(O)Cn1ccnc1C. The van der Waals surface area contributed by atoms with Gasteiger partial charge in [0, 0.05) is 32.6 Å². The van der Waals surface area contributed by atoms with Crippen molar-refractivity contribution in [2.24, 2.45) is 0 Å². The standard InChI is InChI=1S/C10H19N3O2/c1-9-12-3-5-13(9)8-10(14)7-11-4-6-15-2/h3,5,10-11,14H,4,6-8H2,1-2H3. The quantitative estimate of drug-likeness (QED) is 0.615. The maximum atomic E-state index is 9.69. The van der Waals surface area contributed by atoms with Gasteiger partial charge in [-0.15, -0.1) is 0 Å². The third-order valence-corrected chi connectivity index (χ3v) is 2.19. The van der Waals surface area contributed by atoms with Gasteiger partial charge in [0.1, 0.15) is 5.82 Å². The van der Waals surface area contributed by atoms with Gasteiger partial charge in [0.25, 0.3) is 0 Å². The highest BCUT2D eigenvalue weighted by molar-refractivity contribution is 4.89. The largest absolute Gasteiger partial charge is 0.390 e. The number of methoxy groups -OCH3 is 1. The van der Waals surface area contributed by atoms with Crippen molar-refractivity contribution in [3.63, 3.8) is 0 Å². The average Bonchev–Trinajstić information content (AvgIpc) is 2.59. The Morgan fingerprint density at radius 3 is 3.07 bits per heavy atom. The zero-order chi connectivity index (χ0) is 11.1. The highest BCUT2D eigenvalue weighted by Gasteiger charge is 2.05. The summed E-state index contributed by atoms with van der Waals surface area (Å²) in [7, 11) is 1.66. The van der Waals surface area contributed by atoms with Crippen molar-refractivity contribution >= 4 is 0 Å². The van der Waals surface area contributed by atoms with Gasteiger partial charge in [0.15, 0.2) is 0 Å². The number of nitrogens with zero attached hydrogens (tertiary/aromatic N) is 2. The van der Waals surface area contributed by atoms with Crippen LogP contribution < -0.4 is 5.32 Å². The second kappa shape index (κ2) is 6.55. The second-order valence-corrected chi connectivity index (χ2v) is 3.48. The Bertz CT molecular complexity index is 275. The Morgan fingerprint density at radius 1 is 1.67 bits per heavy atom. The number of aromatic nitrogens is 2. The van der Waals surface area contributed by atoms with E-state index in [2.05, 4.69) is 10.3 Å². The Balaban J connectivity index is 2.18. The first-order valence-corrected chi connectivity index (χ1v) is 5.09. The number of imidazole rings is 1. The van der Waals surface area contributed by atoms with Gasteiger partial charge in [-0.2, -0.15) is 0 Å². The third kappa shape index (κ3) is 4.42. The molecule has 2 N–H and O–H groups in total. The zero-order valence-electron chi connectivity index (χ0n) is 9.31. The topological polar surface area (TPSA) is 59.3 Å². The van der Waals surface area contributed by atoms with Crippen molar-refractivity contribution in [3.8, 4) is 0 Å². The first kappa shape index (κ1) is 12.2. The average molecular weight is 213 g/mol. The van der Waals surface area contributed by atoms with E-state index < -0.39 is 6.10 Å². The molecule has 0 aliphatic rings. The summed E-state index contributed by atoms with van der Waals surface area (Å²) in [6.45, 7) is 4.49. The predicted molar refractivity (Wildman–Crippen MR) is 57.7 cm³/mol.